The van der Waals surface area contributed by atoms with Crippen LogP contribution in [0.15, 0.2) is 29.1 Å². The lowest BCUT2D eigenvalue weighted by Crippen LogP contribution is -2.35. The lowest BCUT2D eigenvalue weighted by Gasteiger charge is -2.08. The van der Waals surface area contributed by atoms with Crippen LogP contribution in [0.1, 0.15) is 5.82 Å². The predicted molar refractivity (Wildman–Crippen MR) is 66.7 cm³/mol. The Labute approximate surface area is 111 Å². The van der Waals surface area contributed by atoms with Gasteiger partial charge < -0.3 is 9.90 Å². The Hall–Kier alpha value is -2.70. The fourth-order valence-corrected chi connectivity index (χ4v) is 2.32. The number of halogens is 1. The quantitative estimate of drug-likeness (QED) is 0.650. The third-order valence-corrected chi connectivity index (χ3v) is 3.09. The molecule has 1 aromatic carbocycles. The van der Waals surface area contributed by atoms with Crippen molar-refractivity contribution >= 4 is 22.4 Å². The van der Waals surface area contributed by atoms with Gasteiger partial charge in [-0.25, -0.2) is 9.07 Å². The van der Waals surface area contributed by atoms with Gasteiger partial charge in [-0.05, 0) is 31.2 Å². The summed E-state index contributed by atoms with van der Waals surface area (Å²) in [6, 6.07) is 5.67. The van der Waals surface area contributed by atoms with Crippen molar-refractivity contribution in [1.82, 2.24) is 14.2 Å². The molecule has 0 aliphatic rings. The topological polar surface area (TPSA) is 79.4 Å². The highest BCUT2D eigenvalue weighted by molar-refractivity contribution is 5.87. The highest BCUT2D eigenvalue weighted by atomic mass is 19.1. The Morgan fingerprint density at radius 2 is 2.10 bits per heavy atom. The zero-order valence-electron chi connectivity index (χ0n) is 10.5. The van der Waals surface area contributed by atoms with Gasteiger partial charge in [0.25, 0.3) is 5.56 Å². The van der Waals surface area contributed by atoms with Crippen molar-refractivity contribution in [2.75, 3.05) is 0 Å². The average Bonchev–Trinajstić information content (AvgIpc) is 2.73. The van der Waals surface area contributed by atoms with Gasteiger partial charge in [0.2, 0.25) is 0 Å². The van der Waals surface area contributed by atoms with E-state index in [4.69, 9.17) is 0 Å². The average molecular weight is 274 g/mol. The first-order valence-corrected chi connectivity index (χ1v) is 5.85. The molecule has 0 atom stereocenters. The van der Waals surface area contributed by atoms with Gasteiger partial charge in [-0.3, -0.25) is 9.20 Å². The van der Waals surface area contributed by atoms with Crippen LogP contribution in [0.3, 0.4) is 0 Å². The number of aromatic nitrogens is 3. The summed E-state index contributed by atoms with van der Waals surface area (Å²) in [6.45, 7) is 1.02. The predicted octanol–water partition coefficient (Wildman–Crippen LogP) is -0.153. The summed E-state index contributed by atoms with van der Waals surface area (Å²) in [4.78, 5) is 22.8. The second-order valence-corrected chi connectivity index (χ2v) is 4.45. The maximum Gasteiger partial charge on any atom is 0.291 e. The number of carboxylic acid groups (broad SMARTS) is 1. The number of rotatable bonds is 2. The molecular weight excluding hydrogens is 265 g/mol. The molecule has 2 aromatic heterocycles. The molecule has 0 bridgehead atoms. The van der Waals surface area contributed by atoms with Crippen LogP contribution >= 0.6 is 0 Å². The van der Waals surface area contributed by atoms with Crippen molar-refractivity contribution in [3.8, 4) is 0 Å². The number of carbonyl (C=O) groups is 1. The summed E-state index contributed by atoms with van der Waals surface area (Å²) in [5, 5.41) is 15.1. The molecule has 7 heteroatoms. The lowest BCUT2D eigenvalue weighted by atomic mass is 10.2. The van der Waals surface area contributed by atoms with Crippen molar-refractivity contribution in [3.05, 3.63) is 46.3 Å². The molecule has 0 radical (unpaired) electrons. The molecule has 0 N–H and O–H groups in total. The van der Waals surface area contributed by atoms with Crippen molar-refractivity contribution in [2.45, 2.75) is 13.5 Å². The summed E-state index contributed by atoms with van der Waals surface area (Å²) in [5.74, 6) is -1.37. The zero-order chi connectivity index (χ0) is 14.4. The Morgan fingerprint density at radius 1 is 1.35 bits per heavy atom. The minimum Gasteiger partial charge on any atom is -0.548 e. The Balaban J connectivity index is 2.42. The van der Waals surface area contributed by atoms with Crippen LogP contribution in [-0.2, 0) is 11.3 Å². The Bertz CT molecular complexity index is 910. The first kappa shape index (κ1) is 12.3. The Morgan fingerprint density at radius 3 is 2.80 bits per heavy atom. The van der Waals surface area contributed by atoms with E-state index < -0.39 is 23.9 Å². The van der Waals surface area contributed by atoms with Crippen LogP contribution in [0.2, 0.25) is 0 Å². The van der Waals surface area contributed by atoms with Crippen LogP contribution in [0.5, 0.6) is 0 Å². The lowest BCUT2D eigenvalue weighted by molar-refractivity contribution is -0.306. The van der Waals surface area contributed by atoms with Crippen molar-refractivity contribution in [2.24, 2.45) is 0 Å². The molecule has 0 fully saturated rings. The summed E-state index contributed by atoms with van der Waals surface area (Å²) in [5.41, 5.74) is 0.333. The first-order chi connectivity index (χ1) is 9.47. The molecule has 0 spiro atoms. The summed E-state index contributed by atoms with van der Waals surface area (Å²) >= 11 is 0. The fraction of sp³-hybridized carbons (Fsp3) is 0.154. The molecular formula is C13H9FN3O3-. The normalized spacial score (nSPS) is 11.3. The van der Waals surface area contributed by atoms with E-state index in [1.165, 1.54) is 18.2 Å². The van der Waals surface area contributed by atoms with Crippen LogP contribution in [0.25, 0.3) is 16.4 Å². The smallest absolute Gasteiger partial charge is 0.291 e. The molecule has 6 nitrogen and oxygen atoms in total. The van der Waals surface area contributed by atoms with Crippen molar-refractivity contribution in [1.29, 1.82) is 0 Å². The standard InChI is InChI=1S/C13H10FN3O3/c1-7-15-16(6-12(18)19)13(20)11-5-8-4-9(14)2-3-10(8)17(7)11/h2-5H,6H2,1H3,(H,18,19)/p-1. The van der Waals surface area contributed by atoms with Gasteiger partial charge in [-0.1, -0.05) is 0 Å². The molecule has 0 unspecified atom stereocenters. The van der Waals surface area contributed by atoms with E-state index in [0.29, 0.717) is 16.7 Å². The van der Waals surface area contributed by atoms with E-state index in [1.54, 1.807) is 17.4 Å². The van der Waals surface area contributed by atoms with Gasteiger partial charge in [0.15, 0.2) is 0 Å². The monoisotopic (exact) mass is 274 g/mol. The van der Waals surface area contributed by atoms with E-state index in [9.17, 15) is 19.1 Å². The highest BCUT2D eigenvalue weighted by Gasteiger charge is 2.12. The van der Waals surface area contributed by atoms with Gasteiger partial charge in [0.1, 0.15) is 17.2 Å². The van der Waals surface area contributed by atoms with E-state index in [2.05, 4.69) is 5.10 Å². The van der Waals surface area contributed by atoms with Crippen LogP contribution in [0, 0.1) is 12.7 Å². The van der Waals surface area contributed by atoms with Gasteiger partial charge in [-0.2, -0.15) is 5.10 Å². The number of carbonyl (C=O) groups excluding carboxylic acids is 1. The molecule has 0 aliphatic heterocycles. The van der Waals surface area contributed by atoms with Crippen LogP contribution < -0.4 is 10.7 Å². The minimum absolute atomic E-state index is 0.249. The summed E-state index contributed by atoms with van der Waals surface area (Å²) in [7, 11) is 0. The third-order valence-electron chi connectivity index (χ3n) is 3.09. The maximum absolute atomic E-state index is 13.2. The molecule has 0 saturated carbocycles. The number of fused-ring (bicyclic) bond motifs is 3. The van der Waals surface area contributed by atoms with Gasteiger partial charge in [-0.15, -0.1) is 0 Å². The molecule has 20 heavy (non-hydrogen) atoms. The van der Waals surface area contributed by atoms with Crippen molar-refractivity contribution < 1.29 is 14.3 Å². The van der Waals surface area contributed by atoms with Crippen molar-refractivity contribution in [3.63, 3.8) is 0 Å². The SMILES string of the molecule is Cc1nn(CC(=O)[O-])c(=O)c2cc3cc(F)ccc3n12. The van der Waals surface area contributed by atoms with Gasteiger partial charge >= 0.3 is 0 Å². The van der Waals surface area contributed by atoms with E-state index in [1.807, 2.05) is 0 Å². The largest absolute Gasteiger partial charge is 0.548 e. The van der Waals surface area contributed by atoms with E-state index in [-0.39, 0.29) is 5.52 Å². The number of benzene rings is 1. The summed E-state index contributed by atoms with van der Waals surface area (Å²) in [6.07, 6.45) is 0. The third kappa shape index (κ3) is 1.75. The van der Waals surface area contributed by atoms with E-state index >= 15 is 0 Å². The highest BCUT2D eigenvalue weighted by Crippen LogP contribution is 2.20. The molecule has 3 aromatic rings. The molecule has 3 rings (SSSR count). The first-order valence-electron chi connectivity index (χ1n) is 5.85. The number of aliphatic carboxylic acids is 1. The zero-order valence-corrected chi connectivity index (χ0v) is 10.5. The van der Waals surface area contributed by atoms with Crippen LogP contribution in [-0.4, -0.2) is 20.2 Å². The molecule has 0 aliphatic carbocycles. The number of hydrogen-bond donors (Lipinski definition) is 0. The summed E-state index contributed by atoms with van der Waals surface area (Å²) < 4.78 is 15.6. The maximum atomic E-state index is 13.2. The molecule has 0 saturated heterocycles. The molecule has 102 valence electrons. The van der Waals surface area contributed by atoms with E-state index in [0.717, 1.165) is 4.68 Å². The van der Waals surface area contributed by atoms with Crippen LogP contribution in [0.4, 0.5) is 4.39 Å². The van der Waals surface area contributed by atoms with Gasteiger partial charge in [0.05, 0.1) is 18.0 Å². The number of carboxylic acids is 1. The Kier molecular flexibility index (Phi) is 2.56. The minimum atomic E-state index is -1.40. The fourth-order valence-electron chi connectivity index (χ4n) is 2.32. The van der Waals surface area contributed by atoms with Gasteiger partial charge in [0, 0.05) is 5.39 Å². The molecule has 2 heterocycles. The number of nitrogens with zero attached hydrogens (tertiary/aromatic N) is 3. The number of aryl methyl sites for hydroxylation is 1. The second kappa shape index (κ2) is 4.16. The molecule has 0 amide bonds. The number of hydrogen-bond acceptors (Lipinski definition) is 4. The second-order valence-electron chi connectivity index (χ2n) is 4.45.